The van der Waals surface area contributed by atoms with Crippen LogP contribution in [0.3, 0.4) is 0 Å². The van der Waals surface area contributed by atoms with E-state index in [1.54, 1.807) is 30.3 Å². The van der Waals surface area contributed by atoms with Gasteiger partial charge in [-0.15, -0.1) is 0 Å². The topological polar surface area (TPSA) is 153 Å². The van der Waals surface area contributed by atoms with E-state index >= 15 is 0 Å². The molecule has 4 atom stereocenters. The number of hydrogen-bond acceptors (Lipinski definition) is 9. The Bertz CT molecular complexity index is 1700. The minimum atomic E-state index is -0.395. The van der Waals surface area contributed by atoms with E-state index < -0.39 is 5.82 Å². The van der Waals surface area contributed by atoms with E-state index in [2.05, 4.69) is 5.32 Å². The minimum absolute atomic E-state index is 0.00199. The molecule has 10 nitrogen and oxygen atoms in total. The fraction of sp³-hybridized carbons (Fsp3) is 0.359. The van der Waals surface area contributed by atoms with Gasteiger partial charge in [-0.25, -0.2) is 17.6 Å². The summed E-state index contributed by atoms with van der Waals surface area (Å²) in [6.07, 6.45) is 2.91. The van der Waals surface area contributed by atoms with Gasteiger partial charge in [0.2, 0.25) is 5.91 Å². The smallest absolute Gasteiger partial charge is 0.246 e. The van der Waals surface area contributed by atoms with Crippen LogP contribution in [-0.2, 0) is 9.53 Å². The van der Waals surface area contributed by atoms with Crippen molar-refractivity contribution in [2.24, 2.45) is 17.2 Å². The fourth-order valence-electron chi connectivity index (χ4n) is 6.14. The average molecular weight is 741 g/mol. The van der Waals surface area contributed by atoms with E-state index in [0.29, 0.717) is 55.7 Å². The molecule has 0 saturated carbocycles. The molecule has 7 N–H and O–H groups in total. The van der Waals surface area contributed by atoms with Gasteiger partial charge >= 0.3 is 0 Å². The van der Waals surface area contributed by atoms with Crippen LogP contribution in [0.5, 0.6) is 23.0 Å². The summed E-state index contributed by atoms with van der Waals surface area (Å²) in [6, 6.07) is 18.8. The van der Waals surface area contributed by atoms with Crippen LogP contribution >= 0.6 is 0 Å². The van der Waals surface area contributed by atoms with Crippen molar-refractivity contribution in [1.29, 1.82) is 0 Å². The zero-order valence-corrected chi connectivity index (χ0v) is 29.3. The number of rotatable bonds is 3. The molecule has 0 spiro atoms. The summed E-state index contributed by atoms with van der Waals surface area (Å²) >= 11 is 0. The van der Waals surface area contributed by atoms with Crippen molar-refractivity contribution in [2.45, 2.75) is 49.9 Å². The Balaban J connectivity index is 0.000000138. The van der Waals surface area contributed by atoms with Crippen LogP contribution in [0.1, 0.15) is 72.1 Å². The number of hydrogen-bond donors (Lipinski definition) is 4. The molecule has 4 heterocycles. The fourth-order valence-corrected chi connectivity index (χ4v) is 6.14. The van der Waals surface area contributed by atoms with Crippen molar-refractivity contribution in [1.82, 2.24) is 5.32 Å². The van der Waals surface area contributed by atoms with Crippen LogP contribution < -0.4 is 41.5 Å². The van der Waals surface area contributed by atoms with Crippen LogP contribution in [0.2, 0.25) is 0 Å². The third-order valence-electron chi connectivity index (χ3n) is 8.85. The summed E-state index contributed by atoms with van der Waals surface area (Å²) in [6.45, 7) is 1.92. The molecule has 3 unspecified atom stereocenters. The first-order chi connectivity index (χ1) is 25.6. The van der Waals surface area contributed by atoms with Crippen molar-refractivity contribution in [3.8, 4) is 23.0 Å². The number of carbonyl (C=O) groups is 1. The molecule has 0 bridgehead atoms. The maximum atomic E-state index is 13.5. The van der Waals surface area contributed by atoms with Crippen LogP contribution in [-0.4, -0.2) is 46.1 Å². The molecule has 53 heavy (non-hydrogen) atoms. The van der Waals surface area contributed by atoms with E-state index in [-0.39, 0.29) is 59.9 Å². The highest BCUT2D eigenvalue weighted by molar-refractivity contribution is 5.77. The Morgan fingerprint density at radius 3 is 1.25 bits per heavy atom. The molecule has 0 saturated heterocycles. The number of amides is 1. The Hall–Kier alpha value is -4.89. The van der Waals surface area contributed by atoms with Crippen LogP contribution in [0.4, 0.5) is 17.6 Å². The molecule has 4 aliphatic rings. The number of carbonyl (C=O) groups excluding carboxylic acids is 1. The lowest BCUT2D eigenvalue weighted by molar-refractivity contribution is -0.125. The van der Waals surface area contributed by atoms with Gasteiger partial charge in [0.25, 0.3) is 0 Å². The molecule has 0 fully saturated rings. The Morgan fingerprint density at radius 2 is 0.906 bits per heavy atom. The van der Waals surface area contributed by atoms with Gasteiger partial charge in [-0.2, -0.15) is 0 Å². The number of benzene rings is 4. The van der Waals surface area contributed by atoms with Gasteiger partial charge in [0, 0.05) is 73.2 Å². The number of methoxy groups -OCH3 is 1. The highest BCUT2D eigenvalue weighted by atomic mass is 19.1. The minimum Gasteiger partial charge on any atom is -0.490 e. The Labute approximate surface area is 305 Å². The second kappa shape index (κ2) is 18.7. The molecular formula is C39H44F4N4O6. The lowest BCUT2D eigenvalue weighted by atomic mass is 10.0. The summed E-state index contributed by atoms with van der Waals surface area (Å²) in [4.78, 5) is 11.4. The van der Waals surface area contributed by atoms with Gasteiger partial charge in [-0.1, -0.05) is 48.5 Å². The standard InChI is InChI=1S/C12H14FNO3.3C9H10FNO/c1-16-7-11(15)14-10-5-6-17-12-8(10)3-2-4-9(12)13;3*10-7-3-1-2-6-8(11)4-5-12-9(6)7/h2-4,10H,5-7H2,1H3,(H,14,15);3*1-3,8H,4-5,11H2/t10-;;;/m1.../s1. The van der Waals surface area contributed by atoms with Crippen LogP contribution in [0, 0.1) is 23.3 Å². The number of ether oxygens (including phenoxy) is 5. The number of para-hydroxylation sites is 4. The van der Waals surface area contributed by atoms with Gasteiger partial charge in [0.05, 0.1) is 32.5 Å². The summed E-state index contributed by atoms with van der Waals surface area (Å²) in [7, 11) is 1.46. The number of nitrogens with two attached hydrogens (primary N) is 3. The van der Waals surface area contributed by atoms with Crippen LogP contribution in [0.15, 0.2) is 72.8 Å². The normalized spacial score (nSPS) is 20.3. The molecule has 284 valence electrons. The highest BCUT2D eigenvalue weighted by Gasteiger charge is 2.26. The van der Waals surface area contributed by atoms with Gasteiger partial charge in [-0.05, 0) is 24.3 Å². The molecule has 4 aromatic carbocycles. The molecule has 0 aromatic heterocycles. The number of nitrogens with one attached hydrogen (secondary N) is 1. The van der Waals surface area contributed by atoms with E-state index in [9.17, 15) is 22.4 Å². The van der Waals surface area contributed by atoms with Crippen molar-refractivity contribution in [3.05, 3.63) is 118 Å². The van der Waals surface area contributed by atoms with Gasteiger partial charge in [0.1, 0.15) is 6.61 Å². The molecule has 14 heteroatoms. The van der Waals surface area contributed by atoms with E-state index in [1.165, 1.54) is 31.4 Å². The molecule has 8 rings (SSSR count). The lowest BCUT2D eigenvalue weighted by Gasteiger charge is -2.26. The largest absolute Gasteiger partial charge is 0.490 e. The predicted octanol–water partition coefficient (Wildman–Crippen LogP) is 6.24. The van der Waals surface area contributed by atoms with Crippen molar-refractivity contribution in [2.75, 3.05) is 40.1 Å². The second-order valence-corrected chi connectivity index (χ2v) is 12.6. The monoisotopic (exact) mass is 740 g/mol. The van der Waals surface area contributed by atoms with E-state index in [0.717, 1.165) is 36.0 Å². The SMILES string of the molecule is COCC(=O)N[C@@H]1CCOc2c(F)cccc21.NC1CCOc2c(F)cccc21.NC1CCOc2c(F)cccc21.NC1CCOc2c(F)cccc21. The first-order valence-electron chi connectivity index (χ1n) is 17.3. The van der Waals surface area contributed by atoms with Crippen molar-refractivity contribution < 1.29 is 46.0 Å². The van der Waals surface area contributed by atoms with E-state index in [1.807, 2.05) is 18.2 Å². The molecule has 0 aliphatic carbocycles. The molecule has 0 radical (unpaired) electrons. The maximum Gasteiger partial charge on any atom is 0.246 e. The zero-order chi connectivity index (χ0) is 37.9. The van der Waals surface area contributed by atoms with Crippen molar-refractivity contribution in [3.63, 3.8) is 0 Å². The third-order valence-corrected chi connectivity index (χ3v) is 8.85. The molecule has 1 amide bonds. The highest BCUT2D eigenvalue weighted by Crippen LogP contribution is 2.35. The average Bonchev–Trinajstić information content (AvgIpc) is 3.15. The molecule has 4 aromatic rings. The second-order valence-electron chi connectivity index (χ2n) is 12.6. The van der Waals surface area contributed by atoms with Gasteiger partial charge in [0.15, 0.2) is 46.3 Å². The number of halogens is 4. The summed E-state index contributed by atoms with van der Waals surface area (Å²) in [5.41, 5.74) is 20.3. The molecule has 4 aliphatic heterocycles. The van der Waals surface area contributed by atoms with Gasteiger partial charge < -0.3 is 46.2 Å². The van der Waals surface area contributed by atoms with Crippen LogP contribution in [0.25, 0.3) is 0 Å². The first-order valence-corrected chi connectivity index (χ1v) is 17.3. The first kappa shape index (κ1) is 39.3. The van der Waals surface area contributed by atoms with Gasteiger partial charge in [-0.3, -0.25) is 4.79 Å². The quantitative estimate of drug-likeness (QED) is 0.179. The Kier molecular flexibility index (Phi) is 13.9. The van der Waals surface area contributed by atoms with E-state index in [4.69, 9.17) is 40.9 Å². The summed E-state index contributed by atoms with van der Waals surface area (Å²) in [5, 5.41) is 2.79. The molecular weight excluding hydrogens is 696 g/mol. The van der Waals surface area contributed by atoms with Crippen molar-refractivity contribution >= 4 is 5.91 Å². The summed E-state index contributed by atoms with van der Waals surface area (Å²) < 4.78 is 78.2. The Morgan fingerprint density at radius 1 is 0.585 bits per heavy atom. The summed E-state index contributed by atoms with van der Waals surface area (Å²) in [5.74, 6) is -0.332. The lowest BCUT2D eigenvalue weighted by Crippen LogP contribution is -2.34. The number of fused-ring (bicyclic) bond motifs is 4. The maximum absolute atomic E-state index is 13.5. The predicted molar refractivity (Wildman–Crippen MR) is 190 cm³/mol. The third kappa shape index (κ3) is 9.96. The zero-order valence-electron chi connectivity index (χ0n) is 29.3.